The Morgan fingerprint density at radius 3 is 2.68 bits per heavy atom. The number of carbonyl (C=O) groups excluding carboxylic acids is 1. The summed E-state index contributed by atoms with van der Waals surface area (Å²) in [5.74, 6) is -0.335. The molecule has 1 heterocycles. The predicted octanol–water partition coefficient (Wildman–Crippen LogP) is 0.436. The molecule has 130 valence electrons. The Balaban J connectivity index is 2.40. The van der Waals surface area contributed by atoms with Gasteiger partial charge in [0.1, 0.15) is 0 Å². The quantitative estimate of drug-likeness (QED) is 0.653. The maximum atomic E-state index is 12.2. The van der Waals surface area contributed by atoms with Crippen molar-refractivity contribution in [1.82, 2.24) is 13.9 Å². The summed E-state index contributed by atoms with van der Waals surface area (Å²) in [4.78, 5) is 12.2. The Labute approximate surface area is 134 Å². The summed E-state index contributed by atoms with van der Waals surface area (Å²) in [6, 6.07) is 0. The molecule has 0 aromatic rings. The number of nitrogens with one attached hydrogen (secondary N) is 1. The minimum absolute atomic E-state index is 0.0665. The maximum Gasteiger partial charge on any atom is 0.281 e. The Morgan fingerprint density at radius 1 is 1.41 bits per heavy atom. The van der Waals surface area contributed by atoms with Crippen LogP contribution < -0.4 is 5.32 Å². The highest BCUT2D eigenvalue weighted by molar-refractivity contribution is 7.86. The summed E-state index contributed by atoms with van der Waals surface area (Å²) in [6.07, 6.45) is 2.39. The highest BCUT2D eigenvalue weighted by Gasteiger charge is 2.33. The summed E-state index contributed by atoms with van der Waals surface area (Å²) in [5, 5.41) is 2.87. The highest BCUT2D eigenvalue weighted by atomic mass is 32.2. The van der Waals surface area contributed by atoms with Gasteiger partial charge < -0.3 is 10.1 Å². The second-order valence-corrected chi connectivity index (χ2v) is 8.19. The molecule has 0 aromatic carbocycles. The molecule has 0 aliphatic carbocycles. The topological polar surface area (TPSA) is 79.0 Å². The van der Waals surface area contributed by atoms with Gasteiger partial charge in [-0.1, -0.05) is 0 Å². The summed E-state index contributed by atoms with van der Waals surface area (Å²) < 4.78 is 32.2. The smallest absolute Gasteiger partial charge is 0.281 e. The van der Waals surface area contributed by atoms with Gasteiger partial charge in [-0.3, -0.25) is 4.79 Å². The number of nitrogens with zero attached hydrogens (tertiary/aromatic N) is 2. The first-order valence-corrected chi connectivity index (χ1v) is 9.21. The monoisotopic (exact) mass is 335 g/mol. The van der Waals surface area contributed by atoms with E-state index in [1.807, 2.05) is 13.8 Å². The van der Waals surface area contributed by atoms with Crippen molar-refractivity contribution in [2.45, 2.75) is 39.2 Å². The zero-order chi connectivity index (χ0) is 16.8. The molecule has 0 radical (unpaired) electrons. The van der Waals surface area contributed by atoms with Crippen LogP contribution in [0.15, 0.2) is 0 Å². The second kappa shape index (κ2) is 8.81. The van der Waals surface area contributed by atoms with Crippen LogP contribution in [0.25, 0.3) is 0 Å². The zero-order valence-corrected chi connectivity index (χ0v) is 14.9. The van der Waals surface area contributed by atoms with Crippen LogP contribution in [0.3, 0.4) is 0 Å². The summed E-state index contributed by atoms with van der Waals surface area (Å²) >= 11 is 0. The van der Waals surface area contributed by atoms with Gasteiger partial charge in [0.15, 0.2) is 0 Å². The van der Waals surface area contributed by atoms with E-state index >= 15 is 0 Å². The fourth-order valence-corrected chi connectivity index (χ4v) is 3.53. The molecule has 22 heavy (non-hydrogen) atoms. The number of carbonyl (C=O) groups is 1. The summed E-state index contributed by atoms with van der Waals surface area (Å²) in [7, 11) is -0.423. The fourth-order valence-electron chi connectivity index (χ4n) is 2.34. The predicted molar refractivity (Wildman–Crippen MR) is 85.6 cm³/mol. The van der Waals surface area contributed by atoms with Gasteiger partial charge in [0.2, 0.25) is 5.91 Å². The lowest BCUT2D eigenvalue weighted by molar-refractivity contribution is -0.126. The molecule has 0 aromatic heterocycles. The van der Waals surface area contributed by atoms with E-state index in [1.54, 1.807) is 0 Å². The van der Waals surface area contributed by atoms with Gasteiger partial charge in [0, 0.05) is 40.3 Å². The first-order valence-electron chi connectivity index (χ1n) is 7.82. The van der Waals surface area contributed by atoms with Crippen molar-refractivity contribution in [1.29, 1.82) is 0 Å². The molecule has 1 rings (SSSR count). The molecule has 7 nitrogen and oxygen atoms in total. The van der Waals surface area contributed by atoms with E-state index in [1.165, 1.54) is 22.7 Å². The Hall–Kier alpha value is -0.700. The second-order valence-electron chi connectivity index (χ2n) is 6.05. The standard InChI is InChI=1S/C14H29N3O4S/c1-12(2)21-10-6-8-15-14(18)13-7-5-9-17(11-13)22(19,20)16(3)4/h12-13H,5-11H2,1-4H3,(H,15,18). The first-order chi connectivity index (χ1) is 10.2. The van der Waals surface area contributed by atoms with Crippen LogP contribution in [0.2, 0.25) is 0 Å². The molecule has 1 amide bonds. The number of ether oxygens (including phenoxy) is 1. The molecule has 1 aliphatic heterocycles. The molecule has 1 saturated heterocycles. The van der Waals surface area contributed by atoms with Crippen LogP contribution >= 0.6 is 0 Å². The zero-order valence-electron chi connectivity index (χ0n) is 14.0. The summed E-state index contributed by atoms with van der Waals surface area (Å²) in [6.45, 7) is 5.86. The van der Waals surface area contributed by atoms with Crippen molar-refractivity contribution in [3.05, 3.63) is 0 Å². The third kappa shape index (κ3) is 5.83. The Morgan fingerprint density at radius 2 is 2.09 bits per heavy atom. The molecule has 0 bridgehead atoms. The molecule has 1 atom stereocenters. The molecular weight excluding hydrogens is 306 g/mol. The number of hydrogen-bond acceptors (Lipinski definition) is 4. The SMILES string of the molecule is CC(C)OCCCNC(=O)C1CCCN(S(=O)(=O)N(C)C)C1. The van der Waals surface area contributed by atoms with Gasteiger partial charge >= 0.3 is 0 Å². The molecular formula is C14H29N3O4S. The molecule has 1 unspecified atom stereocenters. The Bertz CT molecular complexity index is 451. The van der Waals surface area contributed by atoms with Crippen molar-refractivity contribution in [2.75, 3.05) is 40.3 Å². The number of amides is 1. The van der Waals surface area contributed by atoms with Gasteiger partial charge in [-0.25, -0.2) is 0 Å². The molecule has 0 spiro atoms. The molecule has 0 saturated carbocycles. The van der Waals surface area contributed by atoms with Crippen molar-refractivity contribution in [3.63, 3.8) is 0 Å². The van der Waals surface area contributed by atoms with Gasteiger partial charge in [-0.15, -0.1) is 0 Å². The summed E-state index contributed by atoms with van der Waals surface area (Å²) in [5.41, 5.74) is 0. The molecule has 8 heteroatoms. The Kier molecular flexibility index (Phi) is 7.75. The number of rotatable bonds is 8. The maximum absolute atomic E-state index is 12.2. The van der Waals surface area contributed by atoms with Crippen LogP contribution in [0.5, 0.6) is 0 Å². The van der Waals surface area contributed by atoms with Crippen molar-refractivity contribution < 1.29 is 17.9 Å². The van der Waals surface area contributed by atoms with E-state index < -0.39 is 10.2 Å². The van der Waals surface area contributed by atoms with E-state index in [-0.39, 0.29) is 24.5 Å². The van der Waals surface area contributed by atoms with Gasteiger partial charge in [-0.05, 0) is 33.1 Å². The van der Waals surface area contributed by atoms with Gasteiger partial charge in [-0.2, -0.15) is 17.0 Å². The van der Waals surface area contributed by atoms with Crippen molar-refractivity contribution in [3.8, 4) is 0 Å². The van der Waals surface area contributed by atoms with Gasteiger partial charge in [0.05, 0.1) is 12.0 Å². The van der Waals surface area contributed by atoms with Crippen molar-refractivity contribution >= 4 is 16.1 Å². The lowest BCUT2D eigenvalue weighted by atomic mass is 9.99. The van der Waals surface area contributed by atoms with Crippen LogP contribution in [0.1, 0.15) is 33.1 Å². The molecule has 1 aliphatic rings. The number of hydrogen-bond donors (Lipinski definition) is 1. The average molecular weight is 335 g/mol. The fraction of sp³-hybridized carbons (Fsp3) is 0.929. The van der Waals surface area contributed by atoms with E-state index in [9.17, 15) is 13.2 Å². The van der Waals surface area contributed by atoms with Crippen molar-refractivity contribution in [2.24, 2.45) is 5.92 Å². The van der Waals surface area contributed by atoms with Crippen LogP contribution in [0.4, 0.5) is 0 Å². The normalized spacial score (nSPS) is 20.5. The van der Waals surface area contributed by atoms with Gasteiger partial charge in [0.25, 0.3) is 10.2 Å². The van der Waals surface area contributed by atoms with Crippen LogP contribution in [-0.2, 0) is 19.7 Å². The lowest BCUT2D eigenvalue weighted by Crippen LogP contribution is -2.48. The third-order valence-electron chi connectivity index (χ3n) is 3.61. The minimum Gasteiger partial charge on any atom is -0.379 e. The van der Waals surface area contributed by atoms with E-state index in [2.05, 4.69) is 5.32 Å². The highest BCUT2D eigenvalue weighted by Crippen LogP contribution is 2.20. The van der Waals surface area contributed by atoms with E-state index in [4.69, 9.17) is 4.74 Å². The van der Waals surface area contributed by atoms with Crippen LogP contribution in [-0.4, -0.2) is 69.4 Å². The molecule has 1 fully saturated rings. The average Bonchev–Trinajstić information content (AvgIpc) is 2.46. The van der Waals surface area contributed by atoms with E-state index in [0.717, 1.165) is 12.8 Å². The lowest BCUT2D eigenvalue weighted by Gasteiger charge is -2.32. The first kappa shape index (κ1) is 19.3. The number of piperidine rings is 1. The largest absolute Gasteiger partial charge is 0.379 e. The minimum atomic E-state index is -3.44. The molecule has 1 N–H and O–H groups in total. The van der Waals surface area contributed by atoms with E-state index in [0.29, 0.717) is 26.1 Å². The van der Waals surface area contributed by atoms with Crippen LogP contribution in [0, 0.1) is 5.92 Å². The third-order valence-corrected chi connectivity index (χ3v) is 5.52.